The van der Waals surface area contributed by atoms with Gasteiger partial charge in [-0.3, -0.25) is 4.79 Å². The van der Waals surface area contributed by atoms with Crippen LogP contribution in [0.1, 0.15) is 29.5 Å². The van der Waals surface area contributed by atoms with Crippen LogP contribution in [0.25, 0.3) is 0 Å². The van der Waals surface area contributed by atoms with E-state index in [9.17, 15) is 13.2 Å². The summed E-state index contributed by atoms with van der Waals surface area (Å²) < 4.78 is 22.7. The molecule has 1 heterocycles. The van der Waals surface area contributed by atoms with Gasteiger partial charge in [0.1, 0.15) is 5.78 Å². The minimum absolute atomic E-state index is 0.0302. The van der Waals surface area contributed by atoms with Gasteiger partial charge in [-0.15, -0.1) is 0 Å². The number of carbonyl (C=O) groups excluding carboxylic acids is 1. The minimum Gasteiger partial charge on any atom is -0.299 e. The number of rotatable bonds is 4. The van der Waals surface area contributed by atoms with E-state index in [4.69, 9.17) is 0 Å². The van der Waals surface area contributed by atoms with E-state index in [1.54, 1.807) is 0 Å². The Morgan fingerprint density at radius 2 is 2.05 bits per heavy atom. The summed E-state index contributed by atoms with van der Waals surface area (Å²) in [6.45, 7) is 4.01. The second kappa shape index (κ2) is 5.45. The summed E-state index contributed by atoms with van der Waals surface area (Å²) in [5.41, 5.74) is 3.33. The molecule has 0 spiro atoms. The molecule has 19 heavy (non-hydrogen) atoms. The van der Waals surface area contributed by atoms with Crippen molar-refractivity contribution < 1.29 is 13.2 Å². The molecule has 1 aliphatic rings. The molecule has 0 aliphatic carbocycles. The highest BCUT2D eigenvalue weighted by atomic mass is 32.2. The van der Waals surface area contributed by atoms with Crippen LogP contribution in [0.4, 0.5) is 0 Å². The molecule has 1 aliphatic heterocycles. The Bertz CT molecular complexity index is 587. The summed E-state index contributed by atoms with van der Waals surface area (Å²) in [5.74, 6) is 0.610. The predicted molar refractivity (Wildman–Crippen MR) is 76.0 cm³/mol. The first kappa shape index (κ1) is 14.3. The molecule has 0 bridgehead atoms. The van der Waals surface area contributed by atoms with Crippen LogP contribution in [0.5, 0.6) is 0 Å². The maximum absolute atomic E-state index is 12.0. The van der Waals surface area contributed by atoms with Crippen LogP contribution in [-0.2, 0) is 21.1 Å². The molecule has 0 aromatic heterocycles. The van der Waals surface area contributed by atoms with Crippen molar-refractivity contribution in [3.8, 4) is 0 Å². The molecule has 0 radical (unpaired) electrons. The standard InChI is InChI=1S/C15H20O3S/c1-11-3-4-12(2)14(7-11)9-15(16)8-13-5-6-19(17,18)10-13/h3-4,7,13H,5-6,8-10H2,1-2H3. The SMILES string of the molecule is Cc1ccc(C)c(CC(=O)CC2CCS(=O)(=O)C2)c1. The van der Waals surface area contributed by atoms with Gasteiger partial charge in [0.05, 0.1) is 11.5 Å². The van der Waals surface area contributed by atoms with Gasteiger partial charge < -0.3 is 0 Å². The predicted octanol–water partition coefficient (Wildman–Crippen LogP) is 2.24. The lowest BCUT2D eigenvalue weighted by Gasteiger charge is -2.09. The molecule has 4 heteroatoms. The minimum atomic E-state index is -2.88. The Morgan fingerprint density at radius 1 is 1.32 bits per heavy atom. The third kappa shape index (κ3) is 3.90. The van der Waals surface area contributed by atoms with Gasteiger partial charge in [0.25, 0.3) is 0 Å². The lowest BCUT2D eigenvalue weighted by molar-refractivity contribution is -0.119. The molecular formula is C15H20O3S. The lowest BCUT2D eigenvalue weighted by Crippen LogP contribution is -2.12. The van der Waals surface area contributed by atoms with Gasteiger partial charge in [-0.25, -0.2) is 8.42 Å². The number of hydrogen-bond donors (Lipinski definition) is 0. The molecular weight excluding hydrogens is 260 g/mol. The van der Waals surface area contributed by atoms with Crippen molar-refractivity contribution in [2.24, 2.45) is 5.92 Å². The molecule has 1 unspecified atom stereocenters. The van der Waals surface area contributed by atoms with E-state index in [-0.39, 0.29) is 23.2 Å². The number of hydrogen-bond acceptors (Lipinski definition) is 3. The Morgan fingerprint density at radius 3 is 2.68 bits per heavy atom. The molecule has 104 valence electrons. The molecule has 0 N–H and O–H groups in total. The zero-order valence-electron chi connectivity index (χ0n) is 11.5. The number of benzene rings is 1. The largest absolute Gasteiger partial charge is 0.299 e. The quantitative estimate of drug-likeness (QED) is 0.850. The molecule has 1 fully saturated rings. The molecule has 1 saturated heterocycles. The Balaban J connectivity index is 1.97. The average molecular weight is 280 g/mol. The van der Waals surface area contributed by atoms with Crippen molar-refractivity contribution in [3.05, 3.63) is 34.9 Å². The second-order valence-corrected chi connectivity index (χ2v) is 7.85. The van der Waals surface area contributed by atoms with E-state index >= 15 is 0 Å². The summed E-state index contributed by atoms with van der Waals surface area (Å²) in [7, 11) is -2.88. The zero-order chi connectivity index (χ0) is 14.0. The molecule has 3 nitrogen and oxygen atoms in total. The highest BCUT2D eigenvalue weighted by Crippen LogP contribution is 2.23. The van der Waals surface area contributed by atoms with Crippen LogP contribution in [0.15, 0.2) is 18.2 Å². The van der Waals surface area contributed by atoms with E-state index < -0.39 is 9.84 Å². The summed E-state index contributed by atoms with van der Waals surface area (Å²) in [5, 5.41) is 0. The highest BCUT2D eigenvalue weighted by Gasteiger charge is 2.29. The average Bonchev–Trinajstić information content (AvgIpc) is 2.63. The van der Waals surface area contributed by atoms with E-state index in [1.165, 1.54) is 0 Å². The van der Waals surface area contributed by atoms with Crippen molar-refractivity contribution in [1.29, 1.82) is 0 Å². The highest BCUT2D eigenvalue weighted by molar-refractivity contribution is 7.91. The van der Waals surface area contributed by atoms with E-state index in [1.807, 2.05) is 32.0 Å². The molecule has 0 amide bonds. The van der Waals surface area contributed by atoms with Crippen molar-refractivity contribution >= 4 is 15.6 Å². The first-order valence-electron chi connectivity index (χ1n) is 6.64. The summed E-state index contributed by atoms with van der Waals surface area (Å²) in [4.78, 5) is 12.0. The molecule has 2 rings (SSSR count). The normalized spacial score (nSPS) is 21.5. The van der Waals surface area contributed by atoms with Crippen LogP contribution in [0.2, 0.25) is 0 Å². The maximum atomic E-state index is 12.0. The van der Waals surface area contributed by atoms with Gasteiger partial charge in [0.15, 0.2) is 9.84 Å². The first-order valence-corrected chi connectivity index (χ1v) is 8.46. The number of carbonyl (C=O) groups is 1. The molecule has 0 saturated carbocycles. The number of ketones is 1. The van der Waals surface area contributed by atoms with Crippen LogP contribution in [0, 0.1) is 19.8 Å². The molecule has 1 aromatic rings. The van der Waals surface area contributed by atoms with Gasteiger partial charge in [-0.2, -0.15) is 0 Å². The lowest BCUT2D eigenvalue weighted by atomic mass is 9.95. The van der Waals surface area contributed by atoms with Gasteiger partial charge in [-0.1, -0.05) is 23.8 Å². The number of sulfone groups is 1. The van der Waals surface area contributed by atoms with Crippen LogP contribution < -0.4 is 0 Å². The van der Waals surface area contributed by atoms with Crippen molar-refractivity contribution in [1.82, 2.24) is 0 Å². The van der Waals surface area contributed by atoms with Crippen LogP contribution in [0.3, 0.4) is 0 Å². The van der Waals surface area contributed by atoms with Crippen molar-refractivity contribution in [3.63, 3.8) is 0 Å². The summed E-state index contributed by atoms with van der Waals surface area (Å²) in [6.07, 6.45) is 1.46. The van der Waals surface area contributed by atoms with E-state index in [2.05, 4.69) is 0 Å². The number of Topliss-reactive ketones (excluding diaryl/α,β-unsaturated/α-hetero) is 1. The Labute approximate surface area is 114 Å². The summed E-state index contributed by atoms with van der Waals surface area (Å²) >= 11 is 0. The first-order chi connectivity index (χ1) is 8.85. The van der Waals surface area contributed by atoms with Gasteiger partial charge in [0, 0.05) is 12.8 Å². The fourth-order valence-corrected chi connectivity index (χ4v) is 4.49. The van der Waals surface area contributed by atoms with Gasteiger partial charge in [-0.05, 0) is 37.3 Å². The van der Waals surface area contributed by atoms with Crippen molar-refractivity contribution in [2.75, 3.05) is 11.5 Å². The fraction of sp³-hybridized carbons (Fsp3) is 0.533. The Kier molecular flexibility index (Phi) is 4.09. The fourth-order valence-electron chi connectivity index (χ4n) is 2.63. The monoisotopic (exact) mass is 280 g/mol. The van der Waals surface area contributed by atoms with Crippen molar-refractivity contribution in [2.45, 2.75) is 33.1 Å². The second-order valence-electron chi connectivity index (χ2n) is 5.62. The van der Waals surface area contributed by atoms with E-state index in [0.717, 1.165) is 16.7 Å². The van der Waals surface area contributed by atoms with Gasteiger partial charge in [0.2, 0.25) is 0 Å². The third-order valence-corrected chi connectivity index (χ3v) is 5.57. The topological polar surface area (TPSA) is 51.2 Å². The Hall–Kier alpha value is -1.16. The van der Waals surface area contributed by atoms with Gasteiger partial charge >= 0.3 is 0 Å². The molecule has 1 aromatic carbocycles. The maximum Gasteiger partial charge on any atom is 0.150 e. The smallest absolute Gasteiger partial charge is 0.150 e. The zero-order valence-corrected chi connectivity index (χ0v) is 12.3. The number of aryl methyl sites for hydroxylation is 2. The third-order valence-electron chi connectivity index (χ3n) is 3.74. The van der Waals surface area contributed by atoms with Crippen LogP contribution >= 0.6 is 0 Å². The van der Waals surface area contributed by atoms with E-state index in [0.29, 0.717) is 19.3 Å². The summed E-state index contributed by atoms with van der Waals surface area (Å²) in [6, 6.07) is 6.10. The molecule has 1 atom stereocenters. The van der Waals surface area contributed by atoms with Crippen LogP contribution in [-0.4, -0.2) is 25.7 Å².